The number of methoxy groups -OCH3 is 1. The average molecular weight is 202 g/mol. The highest BCUT2D eigenvalue weighted by atomic mass is 16.5. The molecule has 0 heterocycles. The molecule has 0 fully saturated rings. The zero-order valence-electron chi connectivity index (χ0n) is 9.16. The largest absolute Gasteiger partial charge is 0.453 e. The van der Waals surface area contributed by atoms with Crippen LogP contribution in [0.4, 0.5) is 4.79 Å². The fourth-order valence-electron chi connectivity index (χ4n) is 1.11. The molecule has 5 heteroatoms. The summed E-state index contributed by atoms with van der Waals surface area (Å²) in [4.78, 5) is 24.1. The molecule has 0 aliphatic heterocycles. The first-order valence-electron chi connectivity index (χ1n) is 4.70. The molecule has 0 radical (unpaired) electrons. The molecule has 5 nitrogen and oxygen atoms in total. The van der Waals surface area contributed by atoms with E-state index < -0.39 is 12.1 Å². The highest BCUT2D eigenvalue weighted by molar-refractivity contribution is 5.85. The second kappa shape index (κ2) is 6.23. The SMILES string of the molecule is CCN(CC)C(=O)C(C)NC(=O)OC. The van der Waals surface area contributed by atoms with Crippen molar-refractivity contribution in [1.82, 2.24) is 10.2 Å². The van der Waals surface area contributed by atoms with Crippen molar-refractivity contribution >= 4 is 12.0 Å². The van der Waals surface area contributed by atoms with E-state index >= 15 is 0 Å². The molecular formula is C9H18N2O3. The van der Waals surface area contributed by atoms with Crippen LogP contribution in [0.25, 0.3) is 0 Å². The highest BCUT2D eigenvalue weighted by Crippen LogP contribution is 1.94. The predicted octanol–water partition coefficient (Wildman–Crippen LogP) is 0.599. The maximum absolute atomic E-state index is 11.6. The summed E-state index contributed by atoms with van der Waals surface area (Å²) >= 11 is 0. The topological polar surface area (TPSA) is 58.6 Å². The number of rotatable bonds is 4. The van der Waals surface area contributed by atoms with E-state index in [0.29, 0.717) is 13.1 Å². The van der Waals surface area contributed by atoms with Gasteiger partial charge < -0.3 is 15.0 Å². The van der Waals surface area contributed by atoms with Crippen molar-refractivity contribution in [1.29, 1.82) is 0 Å². The summed E-state index contributed by atoms with van der Waals surface area (Å²) in [5, 5.41) is 2.43. The van der Waals surface area contributed by atoms with Crippen molar-refractivity contribution in [2.75, 3.05) is 20.2 Å². The van der Waals surface area contributed by atoms with Gasteiger partial charge in [0.25, 0.3) is 0 Å². The molecule has 0 saturated heterocycles. The molecule has 2 amide bonds. The van der Waals surface area contributed by atoms with Crippen LogP contribution in [0.15, 0.2) is 0 Å². The number of hydrogen-bond donors (Lipinski definition) is 1. The smallest absolute Gasteiger partial charge is 0.407 e. The first-order valence-corrected chi connectivity index (χ1v) is 4.70. The number of ether oxygens (including phenoxy) is 1. The minimum absolute atomic E-state index is 0.0969. The Morgan fingerprint density at radius 2 is 1.86 bits per heavy atom. The third kappa shape index (κ3) is 3.64. The summed E-state index contributed by atoms with van der Waals surface area (Å²) in [5.74, 6) is -0.0969. The van der Waals surface area contributed by atoms with E-state index in [1.807, 2.05) is 13.8 Å². The Balaban J connectivity index is 4.16. The quantitative estimate of drug-likeness (QED) is 0.726. The Morgan fingerprint density at radius 1 is 1.36 bits per heavy atom. The van der Waals surface area contributed by atoms with E-state index in [0.717, 1.165) is 0 Å². The van der Waals surface area contributed by atoms with Gasteiger partial charge in [-0.2, -0.15) is 0 Å². The van der Waals surface area contributed by atoms with Gasteiger partial charge in [-0.25, -0.2) is 4.79 Å². The predicted molar refractivity (Wildman–Crippen MR) is 52.9 cm³/mol. The molecule has 0 aliphatic rings. The second-order valence-electron chi connectivity index (χ2n) is 2.87. The molecule has 14 heavy (non-hydrogen) atoms. The zero-order chi connectivity index (χ0) is 11.1. The summed E-state index contributed by atoms with van der Waals surface area (Å²) < 4.78 is 4.40. The Morgan fingerprint density at radius 3 is 2.21 bits per heavy atom. The van der Waals surface area contributed by atoms with Crippen LogP contribution in [0.3, 0.4) is 0 Å². The summed E-state index contributed by atoms with van der Waals surface area (Å²) in [6.45, 7) is 6.71. The van der Waals surface area contributed by atoms with Gasteiger partial charge in [0.15, 0.2) is 0 Å². The lowest BCUT2D eigenvalue weighted by Crippen LogP contribution is -2.46. The van der Waals surface area contributed by atoms with Gasteiger partial charge in [-0.1, -0.05) is 0 Å². The molecular weight excluding hydrogens is 184 g/mol. The number of carbonyl (C=O) groups is 2. The maximum Gasteiger partial charge on any atom is 0.407 e. The van der Waals surface area contributed by atoms with Crippen LogP contribution in [0, 0.1) is 0 Å². The Bertz CT molecular complexity index is 202. The summed E-state index contributed by atoms with van der Waals surface area (Å²) in [5.41, 5.74) is 0. The standard InChI is InChI=1S/C9H18N2O3/c1-5-11(6-2)8(12)7(3)10-9(13)14-4/h7H,5-6H2,1-4H3,(H,10,13). The van der Waals surface area contributed by atoms with Crippen molar-refractivity contribution in [2.24, 2.45) is 0 Å². The van der Waals surface area contributed by atoms with Crippen LogP contribution in [-0.4, -0.2) is 43.1 Å². The lowest BCUT2D eigenvalue weighted by atomic mass is 10.3. The first-order chi connectivity index (χ1) is 6.56. The van der Waals surface area contributed by atoms with Crippen LogP contribution in [0.2, 0.25) is 0 Å². The summed E-state index contributed by atoms with van der Waals surface area (Å²) in [6, 6.07) is -0.539. The van der Waals surface area contributed by atoms with Crippen LogP contribution >= 0.6 is 0 Å². The lowest BCUT2D eigenvalue weighted by molar-refractivity contribution is -0.132. The van der Waals surface area contributed by atoms with E-state index in [1.165, 1.54) is 7.11 Å². The fourth-order valence-corrected chi connectivity index (χ4v) is 1.11. The third-order valence-corrected chi connectivity index (χ3v) is 1.97. The Hall–Kier alpha value is -1.26. The molecule has 0 aromatic heterocycles. The molecule has 0 rings (SSSR count). The van der Waals surface area contributed by atoms with E-state index in [9.17, 15) is 9.59 Å². The lowest BCUT2D eigenvalue weighted by Gasteiger charge is -2.22. The van der Waals surface area contributed by atoms with Crippen molar-refractivity contribution in [3.63, 3.8) is 0 Å². The second-order valence-corrected chi connectivity index (χ2v) is 2.87. The molecule has 0 saturated carbocycles. The number of nitrogens with one attached hydrogen (secondary N) is 1. The monoisotopic (exact) mass is 202 g/mol. The van der Waals surface area contributed by atoms with Gasteiger partial charge in [0.1, 0.15) is 6.04 Å². The molecule has 0 aromatic carbocycles. The van der Waals surface area contributed by atoms with Crippen molar-refractivity contribution in [2.45, 2.75) is 26.8 Å². The summed E-state index contributed by atoms with van der Waals surface area (Å²) in [7, 11) is 1.27. The molecule has 0 spiro atoms. The number of nitrogens with zero attached hydrogens (tertiary/aromatic N) is 1. The number of alkyl carbamates (subject to hydrolysis) is 1. The van der Waals surface area contributed by atoms with Crippen LogP contribution in [0.5, 0.6) is 0 Å². The van der Waals surface area contributed by atoms with Crippen LogP contribution in [-0.2, 0) is 9.53 Å². The zero-order valence-corrected chi connectivity index (χ0v) is 9.16. The van der Waals surface area contributed by atoms with Gasteiger partial charge in [0.05, 0.1) is 7.11 Å². The average Bonchev–Trinajstić information content (AvgIpc) is 2.19. The van der Waals surface area contributed by atoms with Crippen molar-refractivity contribution in [3.8, 4) is 0 Å². The van der Waals surface area contributed by atoms with E-state index in [2.05, 4.69) is 10.1 Å². The molecule has 0 bridgehead atoms. The Labute approximate surface area is 84.4 Å². The first kappa shape index (κ1) is 12.7. The third-order valence-electron chi connectivity index (χ3n) is 1.97. The Kier molecular flexibility index (Phi) is 5.67. The molecule has 1 atom stereocenters. The van der Waals surface area contributed by atoms with Gasteiger partial charge in [0.2, 0.25) is 5.91 Å². The van der Waals surface area contributed by atoms with Gasteiger partial charge in [-0.3, -0.25) is 4.79 Å². The molecule has 1 N–H and O–H groups in total. The maximum atomic E-state index is 11.6. The van der Waals surface area contributed by atoms with Gasteiger partial charge in [0, 0.05) is 13.1 Å². The van der Waals surface area contributed by atoms with Crippen LogP contribution in [0.1, 0.15) is 20.8 Å². The van der Waals surface area contributed by atoms with Crippen molar-refractivity contribution < 1.29 is 14.3 Å². The minimum Gasteiger partial charge on any atom is -0.453 e. The van der Waals surface area contributed by atoms with Gasteiger partial charge in [-0.15, -0.1) is 0 Å². The fraction of sp³-hybridized carbons (Fsp3) is 0.778. The van der Waals surface area contributed by atoms with E-state index in [-0.39, 0.29) is 5.91 Å². The normalized spacial score (nSPS) is 11.7. The summed E-state index contributed by atoms with van der Waals surface area (Å²) in [6.07, 6.45) is -0.585. The number of hydrogen-bond acceptors (Lipinski definition) is 3. The van der Waals surface area contributed by atoms with E-state index in [1.54, 1.807) is 11.8 Å². The highest BCUT2D eigenvalue weighted by Gasteiger charge is 2.19. The van der Waals surface area contributed by atoms with Crippen LogP contribution < -0.4 is 5.32 Å². The number of carbonyl (C=O) groups excluding carboxylic acids is 2. The van der Waals surface area contributed by atoms with E-state index in [4.69, 9.17) is 0 Å². The van der Waals surface area contributed by atoms with Gasteiger partial charge in [-0.05, 0) is 20.8 Å². The molecule has 1 unspecified atom stereocenters. The van der Waals surface area contributed by atoms with Crippen molar-refractivity contribution in [3.05, 3.63) is 0 Å². The number of amides is 2. The minimum atomic E-state index is -0.585. The molecule has 82 valence electrons. The number of likely N-dealkylation sites (N-methyl/N-ethyl adjacent to an activating group) is 1. The molecule has 0 aromatic rings. The van der Waals surface area contributed by atoms with Gasteiger partial charge >= 0.3 is 6.09 Å². The molecule has 0 aliphatic carbocycles.